The molecule has 138 valence electrons. The van der Waals surface area contributed by atoms with E-state index < -0.39 is 10.0 Å². The van der Waals surface area contributed by atoms with Crippen molar-refractivity contribution < 1.29 is 8.42 Å². The highest BCUT2D eigenvalue weighted by Gasteiger charge is 2.14. The standard InChI is InChI=1S/C18H17N5O2S2/c1-11-7-8-23-16(9-11)20-12(2)17(23)15-10-26-18(22-15)21-13-3-5-14(6-4-13)27(19,24)25/h3-10H,1-2H3,(H,21,22)(H2,19,24,25). The van der Waals surface area contributed by atoms with E-state index in [1.807, 2.05) is 42.0 Å². The highest BCUT2D eigenvalue weighted by atomic mass is 32.2. The van der Waals surface area contributed by atoms with Crippen LogP contribution in [0.5, 0.6) is 0 Å². The first-order chi connectivity index (χ1) is 12.8. The lowest BCUT2D eigenvalue weighted by atomic mass is 10.2. The van der Waals surface area contributed by atoms with E-state index in [4.69, 9.17) is 5.14 Å². The summed E-state index contributed by atoms with van der Waals surface area (Å²) in [6.07, 6.45) is 2.00. The predicted octanol–water partition coefficient (Wildman–Crippen LogP) is 3.47. The van der Waals surface area contributed by atoms with E-state index >= 15 is 0 Å². The number of thiazole rings is 1. The molecule has 0 aliphatic heterocycles. The molecule has 3 heterocycles. The molecular weight excluding hydrogens is 382 g/mol. The third-order valence-corrected chi connectivity index (χ3v) is 5.82. The summed E-state index contributed by atoms with van der Waals surface area (Å²) in [5.41, 5.74) is 5.48. The molecule has 0 radical (unpaired) electrons. The minimum atomic E-state index is -3.70. The first-order valence-corrected chi connectivity index (χ1v) is 10.5. The molecule has 0 fully saturated rings. The summed E-state index contributed by atoms with van der Waals surface area (Å²) in [5, 5.41) is 11.0. The molecule has 9 heteroatoms. The molecule has 0 amide bonds. The molecule has 0 bridgehead atoms. The van der Waals surface area contributed by atoms with E-state index in [2.05, 4.69) is 15.3 Å². The third kappa shape index (κ3) is 3.44. The van der Waals surface area contributed by atoms with Crippen molar-refractivity contribution in [2.24, 2.45) is 5.14 Å². The number of rotatable bonds is 4. The fourth-order valence-electron chi connectivity index (χ4n) is 2.86. The van der Waals surface area contributed by atoms with Gasteiger partial charge in [0.05, 0.1) is 16.3 Å². The van der Waals surface area contributed by atoms with Crippen LogP contribution in [0.25, 0.3) is 17.0 Å². The van der Waals surface area contributed by atoms with E-state index in [1.54, 1.807) is 12.1 Å². The largest absolute Gasteiger partial charge is 0.332 e. The van der Waals surface area contributed by atoms with Crippen LogP contribution in [0, 0.1) is 13.8 Å². The summed E-state index contributed by atoms with van der Waals surface area (Å²) in [7, 11) is -3.70. The Bertz CT molecular complexity index is 1240. The Labute approximate surface area is 160 Å². The van der Waals surface area contributed by atoms with Crippen LogP contribution in [0.4, 0.5) is 10.8 Å². The molecule has 27 heavy (non-hydrogen) atoms. The number of nitrogens with two attached hydrogens (primary N) is 1. The highest BCUT2D eigenvalue weighted by molar-refractivity contribution is 7.89. The molecule has 0 saturated carbocycles. The lowest BCUT2D eigenvalue weighted by molar-refractivity contribution is 0.598. The topological polar surface area (TPSA) is 102 Å². The number of anilines is 2. The number of imidazole rings is 1. The van der Waals surface area contributed by atoms with Crippen molar-refractivity contribution in [3.63, 3.8) is 0 Å². The van der Waals surface area contributed by atoms with Crippen molar-refractivity contribution >= 4 is 37.8 Å². The summed E-state index contributed by atoms with van der Waals surface area (Å²) in [4.78, 5) is 9.34. The van der Waals surface area contributed by atoms with Crippen molar-refractivity contribution in [1.82, 2.24) is 14.4 Å². The number of hydrogen-bond donors (Lipinski definition) is 2. The van der Waals surface area contributed by atoms with Gasteiger partial charge in [-0.05, 0) is 55.8 Å². The summed E-state index contributed by atoms with van der Waals surface area (Å²) >= 11 is 1.47. The summed E-state index contributed by atoms with van der Waals surface area (Å²) in [6.45, 7) is 4.01. The normalized spacial score (nSPS) is 11.8. The monoisotopic (exact) mass is 399 g/mol. The van der Waals surface area contributed by atoms with Crippen molar-refractivity contribution in [3.05, 3.63) is 59.2 Å². The maximum Gasteiger partial charge on any atom is 0.238 e. The highest BCUT2D eigenvalue weighted by Crippen LogP contribution is 2.30. The van der Waals surface area contributed by atoms with Crippen LogP contribution in [0.2, 0.25) is 0 Å². The van der Waals surface area contributed by atoms with Gasteiger partial charge >= 0.3 is 0 Å². The first-order valence-electron chi connectivity index (χ1n) is 8.12. The second-order valence-electron chi connectivity index (χ2n) is 6.21. The molecule has 1 aromatic carbocycles. The average molecular weight is 400 g/mol. The van der Waals surface area contributed by atoms with E-state index in [9.17, 15) is 8.42 Å². The molecule has 4 aromatic rings. The third-order valence-electron chi connectivity index (χ3n) is 4.14. The second-order valence-corrected chi connectivity index (χ2v) is 8.63. The maximum absolute atomic E-state index is 11.3. The van der Waals surface area contributed by atoms with E-state index in [0.29, 0.717) is 5.13 Å². The average Bonchev–Trinajstić information content (AvgIpc) is 3.17. The van der Waals surface area contributed by atoms with Crippen LogP contribution >= 0.6 is 11.3 Å². The number of hydrogen-bond acceptors (Lipinski definition) is 6. The lowest BCUT2D eigenvalue weighted by Crippen LogP contribution is -2.11. The van der Waals surface area contributed by atoms with E-state index in [1.165, 1.54) is 23.5 Å². The van der Waals surface area contributed by atoms with Gasteiger partial charge in [0.1, 0.15) is 11.3 Å². The zero-order valence-corrected chi connectivity index (χ0v) is 16.3. The summed E-state index contributed by atoms with van der Waals surface area (Å²) in [6, 6.07) is 10.3. The summed E-state index contributed by atoms with van der Waals surface area (Å²) < 4.78 is 24.7. The zero-order valence-electron chi connectivity index (χ0n) is 14.7. The Kier molecular flexibility index (Phi) is 4.22. The molecule has 7 nitrogen and oxygen atoms in total. The van der Waals surface area contributed by atoms with E-state index in [0.717, 1.165) is 34.0 Å². The minimum Gasteiger partial charge on any atom is -0.332 e. The fraction of sp³-hybridized carbons (Fsp3) is 0.111. The number of nitrogens with zero attached hydrogens (tertiary/aromatic N) is 3. The Hall–Kier alpha value is -2.75. The number of fused-ring (bicyclic) bond motifs is 1. The quantitative estimate of drug-likeness (QED) is 0.547. The molecule has 0 aliphatic rings. The number of aromatic nitrogens is 3. The van der Waals surface area contributed by atoms with Crippen LogP contribution in [0.15, 0.2) is 52.9 Å². The first kappa shape index (κ1) is 17.7. The lowest BCUT2D eigenvalue weighted by Gasteiger charge is -2.04. The van der Waals surface area contributed by atoms with Gasteiger partial charge in [0.25, 0.3) is 0 Å². The van der Waals surface area contributed by atoms with Crippen LogP contribution in [0.3, 0.4) is 0 Å². The van der Waals surface area contributed by atoms with Crippen molar-refractivity contribution in [3.8, 4) is 11.4 Å². The molecule has 3 N–H and O–H groups in total. The van der Waals surface area contributed by atoms with Gasteiger partial charge in [0.2, 0.25) is 10.0 Å². The number of aryl methyl sites for hydroxylation is 2. The summed E-state index contributed by atoms with van der Waals surface area (Å²) in [5.74, 6) is 0. The van der Waals surface area contributed by atoms with Gasteiger partial charge in [-0.1, -0.05) is 0 Å². The molecule has 0 aliphatic carbocycles. The maximum atomic E-state index is 11.3. The number of nitrogens with one attached hydrogen (secondary N) is 1. The van der Waals surface area contributed by atoms with Crippen molar-refractivity contribution in [2.45, 2.75) is 18.7 Å². The SMILES string of the molecule is Cc1ccn2c(-c3csc(Nc4ccc(S(N)(=O)=O)cc4)n3)c(C)nc2c1. The van der Waals surface area contributed by atoms with Gasteiger partial charge in [-0.2, -0.15) is 0 Å². The van der Waals surface area contributed by atoms with Gasteiger partial charge in [0, 0.05) is 17.3 Å². The Morgan fingerprint density at radius 1 is 1.11 bits per heavy atom. The molecule has 4 rings (SSSR count). The number of benzene rings is 1. The second kappa shape index (κ2) is 6.45. The van der Waals surface area contributed by atoms with E-state index in [-0.39, 0.29) is 4.90 Å². The molecule has 0 saturated heterocycles. The van der Waals surface area contributed by atoms with Crippen LogP contribution in [0.1, 0.15) is 11.3 Å². The number of primary sulfonamides is 1. The Morgan fingerprint density at radius 3 is 2.56 bits per heavy atom. The van der Waals surface area contributed by atoms with Crippen LogP contribution in [-0.2, 0) is 10.0 Å². The Morgan fingerprint density at radius 2 is 1.85 bits per heavy atom. The fourth-order valence-corrected chi connectivity index (χ4v) is 4.10. The predicted molar refractivity (Wildman–Crippen MR) is 107 cm³/mol. The minimum absolute atomic E-state index is 0.0736. The van der Waals surface area contributed by atoms with Gasteiger partial charge < -0.3 is 5.32 Å². The number of pyridine rings is 1. The molecule has 3 aromatic heterocycles. The smallest absolute Gasteiger partial charge is 0.238 e. The molecule has 0 atom stereocenters. The molecule has 0 unspecified atom stereocenters. The van der Waals surface area contributed by atoms with Gasteiger partial charge in [-0.15, -0.1) is 11.3 Å². The van der Waals surface area contributed by atoms with Gasteiger partial charge in [-0.25, -0.2) is 23.5 Å². The van der Waals surface area contributed by atoms with Gasteiger partial charge in [0.15, 0.2) is 5.13 Å². The molecule has 0 spiro atoms. The zero-order chi connectivity index (χ0) is 19.2. The van der Waals surface area contributed by atoms with Crippen molar-refractivity contribution in [1.29, 1.82) is 0 Å². The Balaban J connectivity index is 1.64. The van der Waals surface area contributed by atoms with Crippen molar-refractivity contribution in [2.75, 3.05) is 5.32 Å². The van der Waals surface area contributed by atoms with Crippen LogP contribution in [-0.4, -0.2) is 22.8 Å². The van der Waals surface area contributed by atoms with Crippen LogP contribution < -0.4 is 10.5 Å². The number of sulfonamides is 1. The molecular formula is C18H17N5O2S2. The van der Waals surface area contributed by atoms with Gasteiger partial charge in [-0.3, -0.25) is 4.40 Å².